The number of carbonyl (C=O) groups is 3. The van der Waals surface area contributed by atoms with E-state index in [0.29, 0.717) is 23.6 Å². The van der Waals surface area contributed by atoms with Gasteiger partial charge in [-0.3, -0.25) is 14.4 Å². The van der Waals surface area contributed by atoms with Gasteiger partial charge in [0.15, 0.2) is 0 Å². The number of rotatable bonds is 7. The quantitative estimate of drug-likeness (QED) is 0.425. The summed E-state index contributed by atoms with van der Waals surface area (Å²) in [7, 11) is 0. The number of carbonyl (C=O) groups excluding carboxylic acids is 3. The van der Waals surface area contributed by atoms with Crippen molar-refractivity contribution in [3.05, 3.63) is 29.3 Å². The van der Waals surface area contributed by atoms with E-state index in [4.69, 9.17) is 21.1 Å². The van der Waals surface area contributed by atoms with E-state index in [-0.39, 0.29) is 30.5 Å². The smallest absolute Gasteiger partial charge is 0.312 e. The Morgan fingerprint density at radius 1 is 1.39 bits per heavy atom. The van der Waals surface area contributed by atoms with E-state index >= 15 is 0 Å². The normalized spacial score (nSPS) is 33.5. The van der Waals surface area contributed by atoms with Crippen LogP contribution in [-0.4, -0.2) is 70.1 Å². The van der Waals surface area contributed by atoms with Gasteiger partial charge >= 0.3 is 5.97 Å². The molecular formula is C21H24BrClN2O6. The highest BCUT2D eigenvalue weighted by Gasteiger charge is 2.76. The zero-order chi connectivity index (χ0) is 22.3. The largest absolute Gasteiger partial charge is 0.466 e. The molecule has 1 spiro atoms. The lowest BCUT2D eigenvalue weighted by Crippen LogP contribution is -2.54. The van der Waals surface area contributed by atoms with Crippen molar-refractivity contribution in [1.82, 2.24) is 4.90 Å². The van der Waals surface area contributed by atoms with Gasteiger partial charge in [-0.25, -0.2) is 0 Å². The van der Waals surface area contributed by atoms with E-state index in [1.54, 1.807) is 31.2 Å². The second-order valence-corrected chi connectivity index (χ2v) is 9.63. The molecule has 1 aromatic carbocycles. The van der Waals surface area contributed by atoms with E-state index in [0.717, 1.165) is 0 Å². The molecule has 0 radical (unpaired) electrons. The number of hydrogen-bond donors (Lipinski definition) is 2. The Bertz CT molecular complexity index is 883. The fourth-order valence-corrected chi connectivity index (χ4v) is 6.23. The molecule has 3 saturated heterocycles. The molecule has 1 aromatic rings. The summed E-state index contributed by atoms with van der Waals surface area (Å²) >= 11 is 9.51. The molecule has 4 rings (SSSR count). The summed E-state index contributed by atoms with van der Waals surface area (Å²) in [6, 6.07) is 5.73. The summed E-state index contributed by atoms with van der Waals surface area (Å²) < 4.78 is 11.5. The third kappa shape index (κ3) is 3.65. The number of anilines is 1. The number of likely N-dealkylation sites (tertiary alicyclic amines) is 1. The standard InChI is InChI=1S/C21H24BrClN2O6/c1-2-30-20(29)14-15-19(28)25(8-3-9-26)17(21(15)10-13(22)16(14)31-21)18(27)24-12-6-4-11(23)5-7-12/h4-7,13-17,26H,2-3,8-10H2,1H3,(H,24,27)/t13?,14-,15+,16-,17-,21+/m1/s1. The second kappa shape index (κ2) is 8.69. The van der Waals surface area contributed by atoms with Crippen LogP contribution in [0.1, 0.15) is 19.8 Å². The van der Waals surface area contributed by atoms with Crippen LogP contribution in [0.4, 0.5) is 5.69 Å². The Labute approximate surface area is 193 Å². The fraction of sp³-hybridized carbons (Fsp3) is 0.571. The SMILES string of the molecule is CCOC(=O)[C@H]1[C@@H]2O[C@@]3(CC2Br)[C@@H]1C(=O)N(CCCO)[C@@H]3C(=O)Nc1ccc(Cl)cc1. The highest BCUT2D eigenvalue weighted by molar-refractivity contribution is 9.09. The van der Waals surface area contributed by atoms with Crippen LogP contribution in [0.5, 0.6) is 0 Å². The number of esters is 1. The molecule has 168 valence electrons. The molecule has 31 heavy (non-hydrogen) atoms. The Kier molecular flexibility index (Phi) is 6.31. The minimum atomic E-state index is -1.14. The molecule has 0 aromatic heterocycles. The number of hydrogen-bond acceptors (Lipinski definition) is 6. The van der Waals surface area contributed by atoms with Crippen molar-refractivity contribution < 1.29 is 29.0 Å². The van der Waals surface area contributed by atoms with Gasteiger partial charge in [0, 0.05) is 28.7 Å². The predicted molar refractivity (Wildman–Crippen MR) is 116 cm³/mol. The zero-order valence-electron chi connectivity index (χ0n) is 16.9. The molecule has 2 N–H and O–H groups in total. The molecule has 3 aliphatic rings. The van der Waals surface area contributed by atoms with E-state index in [9.17, 15) is 19.5 Å². The molecule has 3 aliphatic heterocycles. The Morgan fingerprint density at radius 3 is 2.74 bits per heavy atom. The summed E-state index contributed by atoms with van der Waals surface area (Å²) in [6.07, 6.45) is 0.182. The first-order valence-electron chi connectivity index (χ1n) is 10.3. The first-order valence-corrected chi connectivity index (χ1v) is 11.6. The van der Waals surface area contributed by atoms with E-state index in [2.05, 4.69) is 21.2 Å². The van der Waals surface area contributed by atoms with Gasteiger partial charge < -0.3 is 24.8 Å². The van der Waals surface area contributed by atoms with Crippen LogP contribution in [-0.2, 0) is 23.9 Å². The summed E-state index contributed by atoms with van der Waals surface area (Å²) in [5, 5.41) is 12.7. The number of aliphatic hydroxyl groups is 1. The zero-order valence-corrected chi connectivity index (χ0v) is 19.3. The number of fused-ring (bicyclic) bond motifs is 1. The van der Waals surface area contributed by atoms with E-state index < -0.39 is 41.5 Å². The summed E-state index contributed by atoms with van der Waals surface area (Å²) in [6.45, 7) is 1.96. The summed E-state index contributed by atoms with van der Waals surface area (Å²) in [5.41, 5.74) is -0.604. The minimum absolute atomic E-state index is 0.126. The number of benzene rings is 1. The van der Waals surface area contributed by atoms with E-state index in [1.165, 1.54) is 4.90 Å². The lowest BCUT2D eigenvalue weighted by atomic mass is 9.70. The van der Waals surface area contributed by atoms with Crippen LogP contribution < -0.4 is 5.32 Å². The van der Waals surface area contributed by atoms with Gasteiger partial charge in [0.25, 0.3) is 0 Å². The molecule has 1 unspecified atom stereocenters. The monoisotopic (exact) mass is 514 g/mol. The second-order valence-electron chi connectivity index (χ2n) is 8.02. The number of amides is 2. The Morgan fingerprint density at radius 2 is 2.10 bits per heavy atom. The van der Waals surface area contributed by atoms with Crippen molar-refractivity contribution in [2.24, 2.45) is 11.8 Å². The van der Waals surface area contributed by atoms with Gasteiger partial charge in [-0.1, -0.05) is 27.5 Å². The number of alkyl halides is 1. The van der Waals surface area contributed by atoms with Crippen molar-refractivity contribution in [3.8, 4) is 0 Å². The topological polar surface area (TPSA) is 105 Å². The molecule has 0 saturated carbocycles. The average molecular weight is 516 g/mol. The Hall–Kier alpha value is -1.68. The van der Waals surface area contributed by atoms with Crippen molar-refractivity contribution in [2.45, 2.75) is 42.3 Å². The van der Waals surface area contributed by atoms with Gasteiger partial charge in [-0.05, 0) is 44.0 Å². The van der Waals surface area contributed by atoms with Crippen molar-refractivity contribution in [1.29, 1.82) is 0 Å². The maximum absolute atomic E-state index is 13.5. The molecule has 2 amide bonds. The van der Waals surface area contributed by atoms with Gasteiger partial charge in [-0.15, -0.1) is 0 Å². The van der Waals surface area contributed by atoms with Crippen LogP contribution in [0.2, 0.25) is 5.02 Å². The van der Waals surface area contributed by atoms with Crippen molar-refractivity contribution >= 4 is 51.0 Å². The molecule has 2 bridgehead atoms. The number of aliphatic hydroxyl groups excluding tert-OH is 1. The highest BCUT2D eigenvalue weighted by Crippen LogP contribution is 2.60. The summed E-state index contributed by atoms with van der Waals surface area (Å²) in [4.78, 5) is 40.9. The maximum Gasteiger partial charge on any atom is 0.312 e. The van der Waals surface area contributed by atoms with Gasteiger partial charge in [0.2, 0.25) is 11.8 Å². The third-order valence-electron chi connectivity index (χ3n) is 6.27. The molecule has 6 atom stereocenters. The highest BCUT2D eigenvalue weighted by atomic mass is 79.9. The van der Waals surface area contributed by atoms with Gasteiger partial charge in [0.05, 0.1) is 24.5 Å². The lowest BCUT2D eigenvalue weighted by molar-refractivity contribution is -0.154. The van der Waals surface area contributed by atoms with Gasteiger partial charge in [-0.2, -0.15) is 0 Å². The summed E-state index contributed by atoms with van der Waals surface area (Å²) in [5.74, 6) is -2.79. The van der Waals surface area contributed by atoms with Crippen LogP contribution in [0.3, 0.4) is 0 Å². The molecule has 0 aliphatic carbocycles. The van der Waals surface area contributed by atoms with Gasteiger partial charge in [0.1, 0.15) is 11.6 Å². The first-order chi connectivity index (χ1) is 14.8. The third-order valence-corrected chi connectivity index (χ3v) is 7.36. The maximum atomic E-state index is 13.5. The molecule has 3 heterocycles. The van der Waals surface area contributed by atoms with Crippen LogP contribution in [0, 0.1) is 11.8 Å². The van der Waals surface area contributed by atoms with Crippen molar-refractivity contribution in [2.75, 3.05) is 25.1 Å². The number of nitrogens with one attached hydrogen (secondary N) is 1. The molecule has 3 fully saturated rings. The number of nitrogens with zero attached hydrogens (tertiary/aromatic N) is 1. The molecule has 10 heteroatoms. The first kappa shape index (κ1) is 22.5. The number of halogens is 2. The minimum Gasteiger partial charge on any atom is -0.466 e. The molecular weight excluding hydrogens is 492 g/mol. The fourth-order valence-electron chi connectivity index (χ4n) is 5.16. The predicted octanol–water partition coefficient (Wildman–Crippen LogP) is 1.97. The van der Waals surface area contributed by atoms with Crippen LogP contribution in [0.25, 0.3) is 0 Å². The van der Waals surface area contributed by atoms with Crippen LogP contribution in [0.15, 0.2) is 24.3 Å². The average Bonchev–Trinajstić information content (AvgIpc) is 3.32. The van der Waals surface area contributed by atoms with Crippen molar-refractivity contribution in [3.63, 3.8) is 0 Å². The number of ether oxygens (including phenoxy) is 2. The Balaban J connectivity index is 1.70. The lowest BCUT2D eigenvalue weighted by Gasteiger charge is -2.34. The van der Waals surface area contributed by atoms with E-state index in [1.807, 2.05) is 0 Å². The molecule has 8 nitrogen and oxygen atoms in total. The van der Waals surface area contributed by atoms with Crippen LogP contribution >= 0.6 is 27.5 Å².